The van der Waals surface area contributed by atoms with Crippen molar-refractivity contribution in [3.8, 4) is 0 Å². The van der Waals surface area contributed by atoms with E-state index in [4.69, 9.17) is 0 Å². The molecular formula is C25H30N4O5S. The van der Waals surface area contributed by atoms with Gasteiger partial charge >= 0.3 is 6.03 Å². The van der Waals surface area contributed by atoms with Crippen LogP contribution in [0.25, 0.3) is 0 Å². The van der Waals surface area contributed by atoms with E-state index in [9.17, 15) is 22.8 Å². The smallest absolute Gasteiger partial charge is 0.325 e. The van der Waals surface area contributed by atoms with Crippen molar-refractivity contribution in [3.63, 3.8) is 0 Å². The molecule has 4 rings (SSSR count). The molecule has 4 amide bonds. The summed E-state index contributed by atoms with van der Waals surface area (Å²) in [7, 11) is -3.67. The second-order valence-corrected chi connectivity index (χ2v) is 10.8. The van der Waals surface area contributed by atoms with Gasteiger partial charge in [-0.2, -0.15) is 4.31 Å². The lowest BCUT2D eigenvalue weighted by Crippen LogP contribution is -2.38. The van der Waals surface area contributed by atoms with Crippen LogP contribution in [0.1, 0.15) is 37.7 Å². The van der Waals surface area contributed by atoms with Gasteiger partial charge in [0.25, 0.3) is 5.91 Å². The molecule has 10 heteroatoms. The monoisotopic (exact) mass is 498 g/mol. The number of hydrogen-bond donors (Lipinski definition) is 2. The van der Waals surface area contributed by atoms with E-state index in [1.807, 2.05) is 30.3 Å². The highest BCUT2D eigenvalue weighted by molar-refractivity contribution is 7.89. The quantitative estimate of drug-likeness (QED) is 0.543. The minimum Gasteiger partial charge on any atom is -0.326 e. The Kier molecular flexibility index (Phi) is 7.82. The van der Waals surface area contributed by atoms with Crippen molar-refractivity contribution in [2.45, 2.75) is 49.5 Å². The van der Waals surface area contributed by atoms with E-state index in [0.717, 1.165) is 36.1 Å². The SMILES string of the molecule is O=C(CN1C(=O)NC(CCc2ccccc2)C1=O)Nc1cccc(S(=O)(=O)N2CCCCCC2)c1. The Labute approximate surface area is 205 Å². The number of carbonyl (C=O) groups excluding carboxylic acids is 3. The average molecular weight is 499 g/mol. The number of rotatable bonds is 8. The van der Waals surface area contributed by atoms with E-state index >= 15 is 0 Å². The summed E-state index contributed by atoms with van der Waals surface area (Å²) < 4.78 is 27.6. The maximum atomic E-state index is 13.1. The number of amides is 4. The van der Waals surface area contributed by atoms with E-state index < -0.39 is 40.5 Å². The number of sulfonamides is 1. The maximum Gasteiger partial charge on any atom is 0.325 e. The topological polar surface area (TPSA) is 116 Å². The van der Waals surface area contributed by atoms with Crippen LogP contribution in [0.5, 0.6) is 0 Å². The normalized spacial score (nSPS) is 19.3. The summed E-state index contributed by atoms with van der Waals surface area (Å²) in [6, 6.07) is 14.4. The summed E-state index contributed by atoms with van der Waals surface area (Å²) >= 11 is 0. The zero-order chi connectivity index (χ0) is 24.8. The summed E-state index contributed by atoms with van der Waals surface area (Å²) in [5, 5.41) is 5.25. The third-order valence-electron chi connectivity index (χ3n) is 6.29. The highest BCUT2D eigenvalue weighted by Crippen LogP contribution is 2.23. The molecule has 186 valence electrons. The van der Waals surface area contributed by atoms with Gasteiger partial charge in [0.05, 0.1) is 4.90 Å². The number of carbonyl (C=O) groups is 3. The minimum atomic E-state index is -3.67. The van der Waals surface area contributed by atoms with E-state index in [1.54, 1.807) is 12.1 Å². The van der Waals surface area contributed by atoms with Crippen LogP contribution in [-0.2, 0) is 26.0 Å². The fourth-order valence-corrected chi connectivity index (χ4v) is 5.95. The Hall–Kier alpha value is -3.24. The zero-order valence-electron chi connectivity index (χ0n) is 19.5. The van der Waals surface area contributed by atoms with Crippen molar-refractivity contribution in [2.75, 3.05) is 25.0 Å². The van der Waals surface area contributed by atoms with Crippen LogP contribution >= 0.6 is 0 Å². The Bertz CT molecular complexity index is 1180. The van der Waals surface area contributed by atoms with Crippen LogP contribution in [-0.4, -0.2) is 61.1 Å². The molecule has 0 spiro atoms. The molecule has 9 nitrogen and oxygen atoms in total. The Balaban J connectivity index is 1.36. The first-order chi connectivity index (χ1) is 16.8. The molecule has 0 saturated carbocycles. The number of nitrogens with zero attached hydrogens (tertiary/aromatic N) is 2. The van der Waals surface area contributed by atoms with Crippen LogP contribution in [0.3, 0.4) is 0 Å². The van der Waals surface area contributed by atoms with Crippen LogP contribution in [0, 0.1) is 0 Å². The molecule has 2 saturated heterocycles. The molecule has 0 aliphatic carbocycles. The second kappa shape index (κ2) is 11.0. The molecule has 0 aromatic heterocycles. The van der Waals surface area contributed by atoms with Gasteiger partial charge in [0.15, 0.2) is 0 Å². The third-order valence-corrected chi connectivity index (χ3v) is 8.19. The van der Waals surface area contributed by atoms with Crippen molar-refractivity contribution in [1.29, 1.82) is 0 Å². The lowest BCUT2D eigenvalue weighted by atomic mass is 10.1. The predicted molar refractivity (Wildman–Crippen MR) is 131 cm³/mol. The lowest BCUT2D eigenvalue weighted by molar-refractivity contribution is -0.130. The summed E-state index contributed by atoms with van der Waals surface area (Å²) in [6.45, 7) is 0.517. The van der Waals surface area contributed by atoms with Crippen LogP contribution in [0.4, 0.5) is 10.5 Å². The maximum absolute atomic E-state index is 13.1. The first-order valence-electron chi connectivity index (χ1n) is 11.9. The predicted octanol–water partition coefficient (Wildman–Crippen LogP) is 2.74. The number of nitrogens with one attached hydrogen (secondary N) is 2. The molecule has 0 bridgehead atoms. The summed E-state index contributed by atoms with van der Waals surface area (Å²) in [5.41, 5.74) is 1.35. The number of benzene rings is 2. The van der Waals surface area contributed by atoms with E-state index in [1.165, 1.54) is 16.4 Å². The number of anilines is 1. The average Bonchev–Trinajstić information content (AvgIpc) is 3.04. The Morgan fingerprint density at radius 1 is 0.971 bits per heavy atom. The van der Waals surface area contributed by atoms with Crippen molar-refractivity contribution < 1.29 is 22.8 Å². The van der Waals surface area contributed by atoms with Gasteiger partial charge < -0.3 is 10.6 Å². The van der Waals surface area contributed by atoms with Gasteiger partial charge in [0.1, 0.15) is 12.6 Å². The fourth-order valence-electron chi connectivity index (χ4n) is 4.39. The van der Waals surface area contributed by atoms with Crippen LogP contribution in [0.2, 0.25) is 0 Å². The zero-order valence-corrected chi connectivity index (χ0v) is 20.3. The van der Waals surface area contributed by atoms with Gasteiger partial charge in [-0.1, -0.05) is 49.2 Å². The summed E-state index contributed by atoms with van der Waals surface area (Å²) in [6.07, 6.45) is 4.73. The van der Waals surface area contributed by atoms with Crippen LogP contribution < -0.4 is 10.6 Å². The van der Waals surface area contributed by atoms with Gasteiger partial charge in [-0.15, -0.1) is 0 Å². The highest BCUT2D eigenvalue weighted by Gasteiger charge is 2.38. The van der Waals surface area contributed by atoms with Crippen molar-refractivity contribution in [2.24, 2.45) is 0 Å². The van der Waals surface area contributed by atoms with Gasteiger partial charge in [0.2, 0.25) is 15.9 Å². The number of aryl methyl sites for hydroxylation is 1. The van der Waals surface area contributed by atoms with Gasteiger partial charge in [0, 0.05) is 18.8 Å². The van der Waals surface area contributed by atoms with Crippen molar-refractivity contribution in [3.05, 3.63) is 60.2 Å². The Morgan fingerprint density at radius 3 is 2.40 bits per heavy atom. The molecule has 0 radical (unpaired) electrons. The van der Waals surface area contributed by atoms with Gasteiger partial charge in [-0.25, -0.2) is 13.2 Å². The first kappa shape index (κ1) is 24.9. The molecule has 2 fully saturated rings. The number of hydrogen-bond acceptors (Lipinski definition) is 5. The third kappa shape index (κ3) is 6.07. The molecule has 1 unspecified atom stereocenters. The van der Waals surface area contributed by atoms with Gasteiger partial charge in [-0.05, 0) is 49.4 Å². The minimum absolute atomic E-state index is 0.105. The number of imide groups is 1. The van der Waals surface area contributed by atoms with E-state index in [2.05, 4.69) is 10.6 Å². The second-order valence-electron chi connectivity index (χ2n) is 8.85. The molecule has 35 heavy (non-hydrogen) atoms. The van der Waals surface area contributed by atoms with Crippen molar-refractivity contribution in [1.82, 2.24) is 14.5 Å². The molecule has 2 aromatic rings. The Morgan fingerprint density at radius 2 is 1.69 bits per heavy atom. The molecule has 2 heterocycles. The molecular weight excluding hydrogens is 468 g/mol. The first-order valence-corrected chi connectivity index (χ1v) is 13.3. The summed E-state index contributed by atoms with van der Waals surface area (Å²) in [4.78, 5) is 38.6. The molecule has 2 N–H and O–H groups in total. The highest BCUT2D eigenvalue weighted by atomic mass is 32.2. The van der Waals surface area contributed by atoms with Crippen LogP contribution in [0.15, 0.2) is 59.5 Å². The standard InChI is InChI=1S/C25H30N4O5S/c30-23(18-29-24(31)22(27-25(29)32)14-13-19-9-4-3-5-10-19)26-20-11-8-12-21(17-20)35(33,34)28-15-6-1-2-7-16-28/h3-5,8-12,17,22H,1-2,6-7,13-16,18H2,(H,26,30)(H,27,32). The summed E-state index contributed by atoms with van der Waals surface area (Å²) in [5.74, 6) is -1.03. The fraction of sp³-hybridized carbons (Fsp3) is 0.400. The molecule has 1 atom stereocenters. The lowest BCUT2D eigenvalue weighted by Gasteiger charge is -2.20. The molecule has 2 aliphatic rings. The van der Waals surface area contributed by atoms with E-state index in [0.29, 0.717) is 31.6 Å². The molecule has 2 aromatic carbocycles. The van der Waals surface area contributed by atoms with Gasteiger partial charge in [-0.3, -0.25) is 14.5 Å². The number of urea groups is 1. The largest absolute Gasteiger partial charge is 0.326 e. The van der Waals surface area contributed by atoms with E-state index in [-0.39, 0.29) is 4.90 Å². The van der Waals surface area contributed by atoms with Crippen molar-refractivity contribution >= 4 is 33.6 Å². The molecule has 2 aliphatic heterocycles.